The van der Waals surface area contributed by atoms with Gasteiger partial charge in [0.05, 0.1) is 19.1 Å². The van der Waals surface area contributed by atoms with Crippen molar-refractivity contribution >= 4 is 17.5 Å². The Hall–Kier alpha value is -0.970. The van der Waals surface area contributed by atoms with Crippen LogP contribution in [-0.4, -0.2) is 34.2 Å². The zero-order valence-corrected chi connectivity index (χ0v) is 11.5. The first kappa shape index (κ1) is 14.1. The van der Waals surface area contributed by atoms with Crippen molar-refractivity contribution in [3.05, 3.63) is 11.9 Å². The number of aryl methyl sites for hydroxylation is 1. The van der Waals surface area contributed by atoms with Gasteiger partial charge in [0.2, 0.25) is 0 Å². The Balaban J connectivity index is 2.77. The molecule has 0 unspecified atom stereocenters. The van der Waals surface area contributed by atoms with Crippen LogP contribution in [0.3, 0.4) is 0 Å². The fourth-order valence-electron chi connectivity index (χ4n) is 1.56. The number of carbonyl (C=O) groups excluding carboxylic acids is 1. The normalized spacial score (nSPS) is 10.5. The van der Waals surface area contributed by atoms with Crippen LogP contribution in [0.15, 0.2) is 6.20 Å². The molecule has 96 valence electrons. The van der Waals surface area contributed by atoms with Gasteiger partial charge in [0, 0.05) is 6.54 Å². The van der Waals surface area contributed by atoms with Crippen LogP contribution in [0.25, 0.3) is 0 Å². The number of ketones is 1. The standard InChI is InChI=1S/C12H20N2O2S/c1-4-6-14-12(11(16-3)8-13-14)10(15)9-17-7-5-2/h8H,4-7,9H2,1-3H3. The van der Waals surface area contributed by atoms with Gasteiger partial charge in [0.1, 0.15) is 5.69 Å². The zero-order valence-electron chi connectivity index (χ0n) is 10.7. The van der Waals surface area contributed by atoms with Gasteiger partial charge in [-0.25, -0.2) is 0 Å². The van der Waals surface area contributed by atoms with E-state index in [-0.39, 0.29) is 5.78 Å². The predicted molar refractivity (Wildman–Crippen MR) is 71.0 cm³/mol. The highest BCUT2D eigenvalue weighted by Gasteiger charge is 2.18. The van der Waals surface area contributed by atoms with Gasteiger partial charge in [-0.3, -0.25) is 9.48 Å². The molecular formula is C12H20N2O2S. The van der Waals surface area contributed by atoms with Crippen LogP contribution < -0.4 is 4.74 Å². The molecule has 5 heteroatoms. The lowest BCUT2D eigenvalue weighted by atomic mass is 10.3. The number of carbonyl (C=O) groups is 1. The van der Waals surface area contributed by atoms with E-state index in [1.807, 2.05) is 0 Å². The Kier molecular flexibility index (Phi) is 6.11. The van der Waals surface area contributed by atoms with E-state index in [1.165, 1.54) is 0 Å². The molecule has 0 aliphatic carbocycles. The third-order valence-corrected chi connectivity index (χ3v) is 3.47. The van der Waals surface area contributed by atoms with Crippen LogP contribution in [0, 0.1) is 0 Å². The first-order chi connectivity index (χ1) is 8.24. The van der Waals surface area contributed by atoms with E-state index in [4.69, 9.17) is 4.74 Å². The number of nitrogens with zero attached hydrogens (tertiary/aromatic N) is 2. The Morgan fingerprint density at radius 1 is 1.47 bits per heavy atom. The molecule has 0 aromatic carbocycles. The third kappa shape index (κ3) is 3.77. The number of rotatable bonds is 8. The average Bonchev–Trinajstić information content (AvgIpc) is 2.73. The second kappa shape index (κ2) is 7.37. The minimum Gasteiger partial charge on any atom is -0.493 e. The van der Waals surface area contributed by atoms with Crippen molar-refractivity contribution in [2.75, 3.05) is 18.6 Å². The second-order valence-electron chi connectivity index (χ2n) is 3.76. The lowest BCUT2D eigenvalue weighted by Crippen LogP contribution is -2.13. The van der Waals surface area contributed by atoms with Crippen LogP contribution in [0.4, 0.5) is 0 Å². The van der Waals surface area contributed by atoms with Gasteiger partial charge in [-0.1, -0.05) is 13.8 Å². The minimum atomic E-state index is 0.103. The zero-order chi connectivity index (χ0) is 12.7. The number of methoxy groups -OCH3 is 1. The SMILES string of the molecule is CCCSCC(=O)c1c(OC)cnn1CCC. The predicted octanol–water partition coefficient (Wildman–Crippen LogP) is 2.63. The molecule has 0 spiro atoms. The number of aromatic nitrogens is 2. The Morgan fingerprint density at radius 2 is 2.24 bits per heavy atom. The molecular weight excluding hydrogens is 236 g/mol. The molecule has 0 atom stereocenters. The van der Waals surface area contributed by atoms with Gasteiger partial charge in [-0.15, -0.1) is 0 Å². The molecule has 0 radical (unpaired) electrons. The fraction of sp³-hybridized carbons (Fsp3) is 0.667. The molecule has 0 amide bonds. The Morgan fingerprint density at radius 3 is 2.82 bits per heavy atom. The summed E-state index contributed by atoms with van der Waals surface area (Å²) < 4.78 is 6.93. The van der Waals surface area contributed by atoms with Crippen LogP contribution in [0.5, 0.6) is 5.75 Å². The van der Waals surface area contributed by atoms with Gasteiger partial charge >= 0.3 is 0 Å². The maximum Gasteiger partial charge on any atom is 0.194 e. The van der Waals surface area contributed by atoms with Crippen LogP contribution in [0.1, 0.15) is 37.2 Å². The molecule has 17 heavy (non-hydrogen) atoms. The molecule has 0 aliphatic heterocycles. The molecule has 1 aromatic heterocycles. The summed E-state index contributed by atoms with van der Waals surface area (Å²) in [6.45, 7) is 4.93. The molecule has 0 aliphatic rings. The van der Waals surface area contributed by atoms with Crippen LogP contribution in [-0.2, 0) is 6.54 Å². The van der Waals surface area contributed by atoms with Crippen molar-refractivity contribution in [1.29, 1.82) is 0 Å². The van der Waals surface area contributed by atoms with Crippen molar-refractivity contribution in [3.8, 4) is 5.75 Å². The Bertz CT molecular complexity index is 363. The maximum atomic E-state index is 12.1. The average molecular weight is 256 g/mol. The number of Topliss-reactive ketones (excluding diaryl/α,β-unsaturated/α-hetero) is 1. The number of ether oxygens (including phenoxy) is 1. The molecule has 1 heterocycles. The summed E-state index contributed by atoms with van der Waals surface area (Å²) in [5.74, 6) is 2.20. The highest BCUT2D eigenvalue weighted by atomic mass is 32.2. The number of hydrogen-bond acceptors (Lipinski definition) is 4. The Labute approximate surface area is 107 Å². The first-order valence-electron chi connectivity index (χ1n) is 5.95. The highest BCUT2D eigenvalue weighted by molar-refractivity contribution is 7.99. The summed E-state index contributed by atoms with van der Waals surface area (Å²) in [5, 5.41) is 4.19. The van der Waals surface area contributed by atoms with Crippen molar-refractivity contribution in [2.45, 2.75) is 33.2 Å². The van der Waals surface area contributed by atoms with Crippen molar-refractivity contribution in [3.63, 3.8) is 0 Å². The van der Waals surface area contributed by atoms with Gasteiger partial charge in [0.25, 0.3) is 0 Å². The van der Waals surface area contributed by atoms with Gasteiger partial charge in [-0.2, -0.15) is 16.9 Å². The van der Waals surface area contributed by atoms with Crippen molar-refractivity contribution in [2.24, 2.45) is 0 Å². The van der Waals surface area contributed by atoms with Crippen LogP contribution in [0.2, 0.25) is 0 Å². The molecule has 1 rings (SSSR count). The first-order valence-corrected chi connectivity index (χ1v) is 7.10. The topological polar surface area (TPSA) is 44.1 Å². The lowest BCUT2D eigenvalue weighted by molar-refractivity contribution is 0.100. The monoisotopic (exact) mass is 256 g/mol. The smallest absolute Gasteiger partial charge is 0.194 e. The molecule has 0 N–H and O–H groups in total. The fourth-order valence-corrected chi connectivity index (χ4v) is 2.31. The largest absolute Gasteiger partial charge is 0.493 e. The summed E-state index contributed by atoms with van der Waals surface area (Å²) in [4.78, 5) is 12.1. The summed E-state index contributed by atoms with van der Waals surface area (Å²) in [6.07, 6.45) is 3.66. The van der Waals surface area contributed by atoms with E-state index < -0.39 is 0 Å². The molecule has 1 aromatic rings. The third-order valence-electron chi connectivity index (χ3n) is 2.31. The molecule has 0 saturated carbocycles. The summed E-state index contributed by atoms with van der Waals surface area (Å²) in [5.41, 5.74) is 0.609. The molecule has 0 saturated heterocycles. The highest BCUT2D eigenvalue weighted by Crippen LogP contribution is 2.20. The summed E-state index contributed by atoms with van der Waals surface area (Å²) in [7, 11) is 1.57. The van der Waals surface area contributed by atoms with Gasteiger partial charge in [0.15, 0.2) is 11.5 Å². The number of hydrogen-bond donors (Lipinski definition) is 0. The van der Waals surface area contributed by atoms with Crippen molar-refractivity contribution in [1.82, 2.24) is 9.78 Å². The van der Waals surface area contributed by atoms with E-state index in [0.717, 1.165) is 25.1 Å². The molecule has 0 bridgehead atoms. The lowest BCUT2D eigenvalue weighted by Gasteiger charge is -2.07. The van der Waals surface area contributed by atoms with E-state index in [9.17, 15) is 4.79 Å². The van der Waals surface area contributed by atoms with E-state index in [2.05, 4.69) is 18.9 Å². The molecule has 4 nitrogen and oxygen atoms in total. The van der Waals surface area contributed by atoms with E-state index in [1.54, 1.807) is 29.8 Å². The summed E-state index contributed by atoms with van der Waals surface area (Å²) in [6, 6.07) is 0. The van der Waals surface area contributed by atoms with E-state index in [0.29, 0.717) is 17.2 Å². The summed E-state index contributed by atoms with van der Waals surface area (Å²) >= 11 is 1.66. The van der Waals surface area contributed by atoms with E-state index >= 15 is 0 Å². The molecule has 0 fully saturated rings. The van der Waals surface area contributed by atoms with Gasteiger partial charge in [-0.05, 0) is 18.6 Å². The van der Waals surface area contributed by atoms with Crippen LogP contribution >= 0.6 is 11.8 Å². The number of thioether (sulfide) groups is 1. The van der Waals surface area contributed by atoms with Gasteiger partial charge < -0.3 is 4.74 Å². The second-order valence-corrected chi connectivity index (χ2v) is 4.87. The minimum absolute atomic E-state index is 0.103. The maximum absolute atomic E-state index is 12.1. The van der Waals surface area contributed by atoms with Crippen molar-refractivity contribution < 1.29 is 9.53 Å². The quantitative estimate of drug-likeness (QED) is 0.530.